The minimum absolute atomic E-state index is 0.558. The molecule has 0 unspecified atom stereocenters. The number of rotatable bonds is 2. The molecule has 0 nitrogen and oxygen atoms in total. The fraction of sp³-hybridized carbons (Fsp3) is 0.250. The van der Waals surface area contributed by atoms with E-state index in [4.69, 9.17) is 0 Å². The van der Waals surface area contributed by atoms with E-state index >= 15 is 0 Å². The standard InChI is InChI=1S/C16H15F3I/c1-10-7-11(2)15(12(3)8-10)20-14-6-4-5-13(9-14)16(17,18)19/h4-9H,1-3H3/q-1. The average molecular weight is 391 g/mol. The molecule has 0 aliphatic heterocycles. The summed E-state index contributed by atoms with van der Waals surface area (Å²) in [5, 5.41) is 0. The minimum atomic E-state index is -4.27. The molecule has 4 heteroatoms. The Morgan fingerprint density at radius 2 is 1.50 bits per heavy atom. The van der Waals surface area contributed by atoms with E-state index in [1.54, 1.807) is 6.07 Å². The van der Waals surface area contributed by atoms with Crippen LogP contribution in [0.15, 0.2) is 36.4 Å². The fourth-order valence-corrected chi connectivity index (χ4v) is 4.81. The molecule has 0 fully saturated rings. The summed E-state index contributed by atoms with van der Waals surface area (Å²) in [6, 6.07) is 9.89. The predicted molar refractivity (Wildman–Crippen MR) is 69.5 cm³/mol. The molecule has 0 amide bonds. The average Bonchev–Trinajstić information content (AvgIpc) is 2.33. The van der Waals surface area contributed by atoms with Gasteiger partial charge in [-0.3, -0.25) is 0 Å². The second-order valence-corrected chi connectivity index (χ2v) is 7.68. The van der Waals surface area contributed by atoms with Crippen molar-refractivity contribution < 1.29 is 34.4 Å². The maximum atomic E-state index is 12.7. The van der Waals surface area contributed by atoms with Crippen molar-refractivity contribution in [2.45, 2.75) is 26.9 Å². The topological polar surface area (TPSA) is 0 Å². The van der Waals surface area contributed by atoms with Gasteiger partial charge in [-0.25, -0.2) is 0 Å². The summed E-state index contributed by atoms with van der Waals surface area (Å²) in [7, 11) is 0. The molecule has 2 aromatic carbocycles. The van der Waals surface area contributed by atoms with Gasteiger partial charge in [0.2, 0.25) is 0 Å². The van der Waals surface area contributed by atoms with E-state index in [1.165, 1.54) is 32.4 Å². The molecule has 2 aromatic rings. The number of halogens is 4. The van der Waals surface area contributed by atoms with Crippen molar-refractivity contribution in [3.63, 3.8) is 0 Å². The number of aryl methyl sites for hydroxylation is 3. The van der Waals surface area contributed by atoms with E-state index in [9.17, 15) is 13.2 Å². The Kier molecular flexibility index (Phi) is 4.42. The Balaban J connectivity index is 2.36. The van der Waals surface area contributed by atoms with Crippen LogP contribution in [0.5, 0.6) is 0 Å². The van der Waals surface area contributed by atoms with Crippen LogP contribution in [0.3, 0.4) is 0 Å². The van der Waals surface area contributed by atoms with Crippen LogP contribution in [0.25, 0.3) is 0 Å². The van der Waals surface area contributed by atoms with Crippen molar-refractivity contribution >= 4 is 0 Å². The molecule has 108 valence electrons. The quantitative estimate of drug-likeness (QED) is 0.685. The van der Waals surface area contributed by atoms with Gasteiger partial charge in [-0.2, -0.15) is 0 Å². The summed E-state index contributed by atoms with van der Waals surface area (Å²) in [6.07, 6.45) is -4.27. The van der Waals surface area contributed by atoms with Gasteiger partial charge in [0.15, 0.2) is 0 Å². The zero-order valence-corrected chi connectivity index (χ0v) is 13.6. The summed E-state index contributed by atoms with van der Waals surface area (Å²) in [6.45, 7) is 6.09. The third kappa shape index (κ3) is 3.53. The Labute approximate surface area is 127 Å². The summed E-state index contributed by atoms with van der Waals surface area (Å²) in [5.74, 6) is 0. The van der Waals surface area contributed by atoms with Gasteiger partial charge in [0.05, 0.1) is 0 Å². The fourth-order valence-electron chi connectivity index (χ4n) is 2.14. The molecule has 0 radical (unpaired) electrons. The van der Waals surface area contributed by atoms with Crippen molar-refractivity contribution in [1.82, 2.24) is 0 Å². The number of hydrogen-bond acceptors (Lipinski definition) is 0. The number of alkyl halides is 3. The van der Waals surface area contributed by atoms with Crippen molar-refractivity contribution in [3.8, 4) is 0 Å². The van der Waals surface area contributed by atoms with E-state index in [1.807, 2.05) is 20.8 Å². The van der Waals surface area contributed by atoms with E-state index in [0.29, 0.717) is 0 Å². The third-order valence-corrected chi connectivity index (χ3v) is 6.47. The van der Waals surface area contributed by atoms with Gasteiger partial charge in [0, 0.05) is 0 Å². The molecular formula is C16H15F3I-. The molecule has 0 bridgehead atoms. The molecule has 20 heavy (non-hydrogen) atoms. The molecule has 0 heterocycles. The van der Waals surface area contributed by atoms with Crippen LogP contribution in [0.4, 0.5) is 13.2 Å². The van der Waals surface area contributed by atoms with Gasteiger partial charge in [0.1, 0.15) is 0 Å². The van der Waals surface area contributed by atoms with E-state index in [0.717, 1.165) is 9.64 Å². The van der Waals surface area contributed by atoms with E-state index in [2.05, 4.69) is 12.1 Å². The van der Waals surface area contributed by atoms with Gasteiger partial charge < -0.3 is 0 Å². The first kappa shape index (κ1) is 15.4. The van der Waals surface area contributed by atoms with Crippen LogP contribution < -0.4 is 21.2 Å². The monoisotopic (exact) mass is 391 g/mol. The first-order valence-electron chi connectivity index (χ1n) is 6.17. The zero-order chi connectivity index (χ0) is 14.9. The second-order valence-electron chi connectivity index (χ2n) is 4.82. The Hall–Kier alpha value is -1.04. The van der Waals surface area contributed by atoms with E-state index < -0.39 is 32.9 Å². The van der Waals surface area contributed by atoms with Crippen molar-refractivity contribution in [2.75, 3.05) is 0 Å². The Bertz CT molecular complexity index is 607. The number of benzene rings is 2. The second kappa shape index (κ2) is 5.76. The molecule has 2 rings (SSSR count). The normalized spacial score (nSPS) is 11.9. The Morgan fingerprint density at radius 3 is 2.05 bits per heavy atom. The van der Waals surface area contributed by atoms with Crippen LogP contribution in [0, 0.1) is 27.9 Å². The molecule has 0 atom stereocenters. The van der Waals surface area contributed by atoms with Gasteiger partial charge in [-0.05, 0) is 0 Å². The van der Waals surface area contributed by atoms with Gasteiger partial charge in [0.25, 0.3) is 0 Å². The van der Waals surface area contributed by atoms with Crippen LogP contribution in [-0.2, 0) is 6.18 Å². The summed E-state index contributed by atoms with van der Waals surface area (Å²) in [5.41, 5.74) is 2.98. The maximum absolute atomic E-state index is 12.7. The summed E-state index contributed by atoms with van der Waals surface area (Å²) >= 11 is -0.593. The number of hydrogen-bond donors (Lipinski definition) is 0. The molecule has 0 spiro atoms. The molecule has 0 saturated heterocycles. The van der Waals surface area contributed by atoms with Gasteiger partial charge >= 0.3 is 127 Å². The van der Waals surface area contributed by atoms with E-state index in [-0.39, 0.29) is 0 Å². The zero-order valence-electron chi connectivity index (χ0n) is 11.5. The first-order chi connectivity index (χ1) is 9.27. The SMILES string of the molecule is Cc1cc(C)c([I-]c2cccc(C(F)(F)F)c2)c(C)c1. The van der Waals surface area contributed by atoms with Crippen LogP contribution in [-0.4, -0.2) is 0 Å². The Morgan fingerprint density at radius 1 is 0.900 bits per heavy atom. The molecule has 0 aromatic heterocycles. The van der Waals surface area contributed by atoms with Crippen LogP contribution in [0.1, 0.15) is 22.3 Å². The van der Waals surface area contributed by atoms with Crippen LogP contribution in [0.2, 0.25) is 0 Å². The third-order valence-electron chi connectivity index (χ3n) is 2.94. The molecule has 0 N–H and O–H groups in total. The molecule has 0 aliphatic carbocycles. The molecule has 0 aliphatic rings. The van der Waals surface area contributed by atoms with Crippen LogP contribution >= 0.6 is 0 Å². The van der Waals surface area contributed by atoms with Crippen molar-refractivity contribution in [2.24, 2.45) is 0 Å². The molecule has 0 saturated carbocycles. The van der Waals surface area contributed by atoms with Crippen molar-refractivity contribution in [1.29, 1.82) is 0 Å². The van der Waals surface area contributed by atoms with Crippen molar-refractivity contribution in [3.05, 3.63) is 65.8 Å². The predicted octanol–water partition coefficient (Wildman–Crippen LogP) is 1.76. The van der Waals surface area contributed by atoms with Gasteiger partial charge in [-0.15, -0.1) is 0 Å². The molecular weight excluding hydrogens is 376 g/mol. The van der Waals surface area contributed by atoms with Gasteiger partial charge in [-0.1, -0.05) is 0 Å². The first-order valence-corrected chi connectivity index (χ1v) is 8.33. The summed E-state index contributed by atoms with van der Waals surface area (Å²) in [4.78, 5) is 0. The summed E-state index contributed by atoms with van der Waals surface area (Å²) < 4.78 is 40.2.